The average Bonchev–Trinajstić information content (AvgIpc) is 2.61. The van der Waals surface area contributed by atoms with Crippen LogP contribution in [0.2, 0.25) is 0 Å². The van der Waals surface area contributed by atoms with Gasteiger partial charge in [0, 0.05) is 18.7 Å². The Morgan fingerprint density at radius 3 is 2.40 bits per heavy atom. The van der Waals surface area contributed by atoms with Crippen molar-refractivity contribution in [3.8, 4) is 11.5 Å². The minimum Gasteiger partial charge on any atom is -0.497 e. The first-order valence-corrected chi connectivity index (χ1v) is 9.44. The van der Waals surface area contributed by atoms with Gasteiger partial charge in [-0.25, -0.2) is 8.42 Å². The molecule has 0 spiro atoms. The summed E-state index contributed by atoms with van der Waals surface area (Å²) in [7, 11) is -0.389. The highest BCUT2D eigenvalue weighted by atomic mass is 32.2. The van der Waals surface area contributed by atoms with Crippen LogP contribution < -0.4 is 9.47 Å². The van der Waals surface area contributed by atoms with Gasteiger partial charge in [0.15, 0.2) is 0 Å². The lowest BCUT2D eigenvalue weighted by molar-refractivity contribution is 0.383. The molecule has 0 saturated carbocycles. The Labute approximate surface area is 149 Å². The number of nitrogens with zero attached hydrogens (tertiary/aromatic N) is 1. The molecule has 0 fully saturated rings. The van der Waals surface area contributed by atoms with Crippen LogP contribution >= 0.6 is 0 Å². The first-order valence-electron chi connectivity index (χ1n) is 7.83. The average molecular weight is 361 g/mol. The predicted molar refractivity (Wildman–Crippen MR) is 99.2 cm³/mol. The van der Waals surface area contributed by atoms with E-state index in [4.69, 9.17) is 9.47 Å². The Bertz CT molecular complexity index is 803. The number of rotatable bonds is 9. The van der Waals surface area contributed by atoms with E-state index in [9.17, 15) is 8.42 Å². The van der Waals surface area contributed by atoms with Crippen LogP contribution in [0.4, 0.5) is 0 Å². The molecular formula is C19H23NO4S. The summed E-state index contributed by atoms with van der Waals surface area (Å²) in [4.78, 5) is 0. The van der Waals surface area contributed by atoms with Crippen LogP contribution in [0.5, 0.6) is 11.5 Å². The summed E-state index contributed by atoms with van der Waals surface area (Å²) in [6.07, 6.45) is 1.58. The van der Waals surface area contributed by atoms with Crippen molar-refractivity contribution in [1.29, 1.82) is 0 Å². The molecule has 6 heteroatoms. The fourth-order valence-corrected chi connectivity index (χ4v) is 3.96. The molecule has 0 atom stereocenters. The minimum atomic E-state index is -3.51. The second-order valence-electron chi connectivity index (χ2n) is 5.50. The van der Waals surface area contributed by atoms with Gasteiger partial charge in [-0.1, -0.05) is 36.4 Å². The van der Waals surface area contributed by atoms with E-state index in [1.807, 2.05) is 18.2 Å². The van der Waals surface area contributed by atoms with Gasteiger partial charge < -0.3 is 9.47 Å². The maximum Gasteiger partial charge on any atom is 0.218 e. The van der Waals surface area contributed by atoms with Gasteiger partial charge >= 0.3 is 0 Å². The van der Waals surface area contributed by atoms with Crippen molar-refractivity contribution in [3.63, 3.8) is 0 Å². The van der Waals surface area contributed by atoms with Gasteiger partial charge in [-0.2, -0.15) is 4.31 Å². The molecule has 0 saturated heterocycles. The van der Waals surface area contributed by atoms with Gasteiger partial charge in [0.2, 0.25) is 10.0 Å². The first kappa shape index (κ1) is 19.0. The predicted octanol–water partition coefficient (Wildman–Crippen LogP) is 3.22. The molecule has 5 nitrogen and oxygen atoms in total. The fourth-order valence-electron chi connectivity index (χ4n) is 2.49. The highest BCUT2D eigenvalue weighted by Gasteiger charge is 2.23. The third-order valence-electron chi connectivity index (χ3n) is 3.75. The maximum atomic E-state index is 12.9. The maximum absolute atomic E-state index is 12.9. The molecule has 0 unspecified atom stereocenters. The Hall–Kier alpha value is -2.31. The van der Waals surface area contributed by atoms with Crippen LogP contribution in [0.25, 0.3) is 0 Å². The Morgan fingerprint density at radius 1 is 1.08 bits per heavy atom. The molecule has 0 aromatic heterocycles. The normalized spacial score (nSPS) is 11.3. The van der Waals surface area contributed by atoms with E-state index >= 15 is 0 Å². The molecule has 0 N–H and O–H groups in total. The highest BCUT2D eigenvalue weighted by molar-refractivity contribution is 7.88. The van der Waals surface area contributed by atoms with Gasteiger partial charge in [-0.05, 0) is 23.8 Å². The molecule has 0 aliphatic carbocycles. The minimum absolute atomic E-state index is 0.0615. The van der Waals surface area contributed by atoms with Gasteiger partial charge in [-0.3, -0.25) is 0 Å². The van der Waals surface area contributed by atoms with E-state index in [0.717, 1.165) is 11.1 Å². The summed E-state index contributed by atoms with van der Waals surface area (Å²) in [5.41, 5.74) is 1.48. The Morgan fingerprint density at radius 2 is 1.80 bits per heavy atom. The molecule has 0 bridgehead atoms. The molecule has 0 amide bonds. The van der Waals surface area contributed by atoms with E-state index in [2.05, 4.69) is 6.58 Å². The van der Waals surface area contributed by atoms with Crippen LogP contribution in [-0.4, -0.2) is 33.5 Å². The zero-order chi connectivity index (χ0) is 18.3. The quantitative estimate of drug-likeness (QED) is 0.644. The van der Waals surface area contributed by atoms with Crippen molar-refractivity contribution in [1.82, 2.24) is 4.31 Å². The van der Waals surface area contributed by atoms with Crippen LogP contribution in [0.3, 0.4) is 0 Å². The third kappa shape index (κ3) is 5.08. The van der Waals surface area contributed by atoms with E-state index in [1.54, 1.807) is 50.6 Å². The van der Waals surface area contributed by atoms with Gasteiger partial charge in [-0.15, -0.1) is 6.58 Å². The number of hydrogen-bond donors (Lipinski definition) is 0. The Balaban J connectivity index is 2.30. The lowest BCUT2D eigenvalue weighted by Crippen LogP contribution is -2.32. The molecule has 25 heavy (non-hydrogen) atoms. The lowest BCUT2D eigenvalue weighted by atomic mass is 10.2. The zero-order valence-corrected chi connectivity index (χ0v) is 15.3. The third-order valence-corrected chi connectivity index (χ3v) is 5.52. The number of methoxy groups -OCH3 is 2. The SMILES string of the molecule is C=CCN(Cc1cc(OC)ccc1OC)S(=O)(=O)Cc1ccccc1. The number of sulfonamides is 1. The van der Waals surface area contributed by atoms with Crippen LogP contribution in [0.15, 0.2) is 61.2 Å². The summed E-state index contributed by atoms with van der Waals surface area (Å²) < 4.78 is 37.7. The standard InChI is InChI=1S/C19H23NO4S/c1-4-12-20(25(21,22)15-16-8-6-5-7-9-16)14-17-13-18(23-2)10-11-19(17)24-3/h4-11,13H,1,12,14-15H2,2-3H3. The summed E-state index contributed by atoms with van der Waals surface area (Å²) >= 11 is 0. The van der Waals surface area contributed by atoms with Gasteiger partial charge in [0.05, 0.1) is 20.0 Å². The summed E-state index contributed by atoms with van der Waals surface area (Å²) in [6, 6.07) is 14.4. The van der Waals surface area contributed by atoms with Crippen LogP contribution in [0, 0.1) is 0 Å². The number of ether oxygens (including phenoxy) is 2. The van der Waals surface area contributed by atoms with Crippen LogP contribution in [0.1, 0.15) is 11.1 Å². The van der Waals surface area contributed by atoms with E-state index in [-0.39, 0.29) is 18.8 Å². The van der Waals surface area contributed by atoms with Crippen molar-refractivity contribution in [3.05, 3.63) is 72.3 Å². The Kier molecular flexibility index (Phi) is 6.61. The van der Waals surface area contributed by atoms with Crippen molar-refractivity contribution in [2.45, 2.75) is 12.3 Å². The highest BCUT2D eigenvalue weighted by Crippen LogP contribution is 2.26. The molecule has 0 aliphatic rings. The molecule has 2 rings (SSSR count). The van der Waals surface area contributed by atoms with Crippen molar-refractivity contribution < 1.29 is 17.9 Å². The molecule has 2 aromatic carbocycles. The smallest absolute Gasteiger partial charge is 0.218 e. The largest absolute Gasteiger partial charge is 0.497 e. The van der Waals surface area contributed by atoms with Crippen molar-refractivity contribution in [2.75, 3.05) is 20.8 Å². The van der Waals surface area contributed by atoms with Gasteiger partial charge in [0.1, 0.15) is 11.5 Å². The lowest BCUT2D eigenvalue weighted by Gasteiger charge is -2.22. The molecule has 0 aliphatic heterocycles. The van der Waals surface area contributed by atoms with E-state index in [1.165, 1.54) is 4.31 Å². The molecule has 0 radical (unpaired) electrons. The number of benzene rings is 2. The summed E-state index contributed by atoms with van der Waals surface area (Å²) in [6.45, 7) is 4.08. The summed E-state index contributed by atoms with van der Waals surface area (Å²) in [5, 5.41) is 0. The number of hydrogen-bond acceptors (Lipinski definition) is 4. The van der Waals surface area contributed by atoms with Crippen LogP contribution in [-0.2, 0) is 22.3 Å². The van der Waals surface area contributed by atoms with Crippen molar-refractivity contribution >= 4 is 10.0 Å². The molecule has 0 heterocycles. The zero-order valence-electron chi connectivity index (χ0n) is 14.5. The van der Waals surface area contributed by atoms with Crippen molar-refractivity contribution in [2.24, 2.45) is 0 Å². The molecule has 134 valence electrons. The topological polar surface area (TPSA) is 55.8 Å². The fraction of sp³-hybridized carbons (Fsp3) is 0.263. The summed E-state index contributed by atoms with van der Waals surface area (Å²) in [5.74, 6) is 1.20. The second kappa shape index (κ2) is 8.69. The monoisotopic (exact) mass is 361 g/mol. The first-order chi connectivity index (χ1) is 12.0. The van der Waals surface area contributed by atoms with Gasteiger partial charge in [0.25, 0.3) is 0 Å². The van der Waals surface area contributed by atoms with E-state index in [0.29, 0.717) is 11.5 Å². The molecular weight excluding hydrogens is 338 g/mol. The van der Waals surface area contributed by atoms with E-state index < -0.39 is 10.0 Å². The second-order valence-corrected chi connectivity index (χ2v) is 7.47. The molecule has 2 aromatic rings.